The number of anilines is 2. The highest BCUT2D eigenvalue weighted by molar-refractivity contribution is 5.88. The van der Waals surface area contributed by atoms with E-state index >= 15 is 0 Å². The minimum absolute atomic E-state index is 0.349. The van der Waals surface area contributed by atoms with Crippen molar-refractivity contribution in [1.29, 1.82) is 0 Å². The fraction of sp³-hybridized carbons (Fsp3) is 0.0667. The molecule has 2 nitrogen and oxygen atoms in total. The van der Waals surface area contributed by atoms with Crippen LogP contribution in [0.2, 0.25) is 0 Å². The van der Waals surface area contributed by atoms with E-state index in [-0.39, 0.29) is 0 Å². The summed E-state index contributed by atoms with van der Waals surface area (Å²) in [5.41, 5.74) is 11.3. The molecule has 2 heteroatoms. The van der Waals surface area contributed by atoms with Gasteiger partial charge in [0.05, 0.1) is 6.04 Å². The maximum absolute atomic E-state index is 3.65. The van der Waals surface area contributed by atoms with Gasteiger partial charge in [-0.25, -0.2) is 0 Å². The molecule has 1 unspecified atom stereocenters. The lowest BCUT2D eigenvalue weighted by molar-refractivity contribution is 0.882. The monoisotopic (exact) mass is 412 g/mol. The van der Waals surface area contributed by atoms with Gasteiger partial charge in [0.1, 0.15) is 0 Å². The molecular weight excluding hydrogens is 388 g/mol. The molecule has 0 saturated carbocycles. The van der Waals surface area contributed by atoms with Crippen molar-refractivity contribution in [2.75, 3.05) is 10.6 Å². The Morgan fingerprint density at radius 3 is 1.91 bits per heavy atom. The molecule has 0 amide bonds. The van der Waals surface area contributed by atoms with E-state index in [0.29, 0.717) is 6.04 Å². The molecule has 0 aromatic heterocycles. The number of rotatable bonds is 4. The molecule has 2 N–H and O–H groups in total. The average molecular weight is 413 g/mol. The van der Waals surface area contributed by atoms with E-state index in [4.69, 9.17) is 0 Å². The molecule has 2 aliphatic rings. The van der Waals surface area contributed by atoms with E-state index in [1.165, 1.54) is 44.8 Å². The highest BCUT2D eigenvalue weighted by Gasteiger charge is 2.28. The first kappa shape index (κ1) is 18.7. The van der Waals surface area contributed by atoms with Crippen LogP contribution >= 0.6 is 0 Å². The van der Waals surface area contributed by atoms with Gasteiger partial charge in [-0.15, -0.1) is 0 Å². The Morgan fingerprint density at radius 2 is 1.19 bits per heavy atom. The van der Waals surface area contributed by atoms with Crippen LogP contribution in [0, 0.1) is 0 Å². The van der Waals surface area contributed by atoms with Crippen LogP contribution in [0.25, 0.3) is 27.8 Å². The number of allylic oxidation sites excluding steroid dienone is 2. The van der Waals surface area contributed by atoms with Crippen LogP contribution in [0.5, 0.6) is 0 Å². The Labute approximate surface area is 189 Å². The highest BCUT2D eigenvalue weighted by atomic mass is 15.0. The summed E-state index contributed by atoms with van der Waals surface area (Å²) < 4.78 is 0. The summed E-state index contributed by atoms with van der Waals surface area (Å²) in [4.78, 5) is 0. The van der Waals surface area contributed by atoms with Crippen molar-refractivity contribution in [2.24, 2.45) is 0 Å². The highest BCUT2D eigenvalue weighted by Crippen LogP contribution is 2.39. The van der Waals surface area contributed by atoms with Crippen molar-refractivity contribution in [2.45, 2.75) is 12.5 Å². The molecule has 1 aliphatic heterocycles. The van der Waals surface area contributed by atoms with Gasteiger partial charge in [-0.3, -0.25) is 0 Å². The topological polar surface area (TPSA) is 24.1 Å². The molecule has 1 heterocycles. The second-order valence-electron chi connectivity index (χ2n) is 8.41. The van der Waals surface area contributed by atoms with Gasteiger partial charge in [-0.1, -0.05) is 91.0 Å². The van der Waals surface area contributed by atoms with Crippen LogP contribution in [0.1, 0.15) is 12.0 Å². The van der Waals surface area contributed by atoms with Crippen LogP contribution < -0.4 is 10.6 Å². The third-order valence-corrected chi connectivity index (χ3v) is 6.35. The van der Waals surface area contributed by atoms with Gasteiger partial charge in [0, 0.05) is 29.1 Å². The number of para-hydroxylation sites is 1. The summed E-state index contributed by atoms with van der Waals surface area (Å²) >= 11 is 0. The summed E-state index contributed by atoms with van der Waals surface area (Å²) in [5.74, 6) is 0. The van der Waals surface area contributed by atoms with Crippen LogP contribution in [0.3, 0.4) is 0 Å². The van der Waals surface area contributed by atoms with Crippen molar-refractivity contribution < 1.29 is 0 Å². The number of nitrogens with one attached hydrogen (secondary N) is 2. The lowest BCUT2D eigenvalue weighted by atomic mass is 9.94. The number of hydrogen-bond acceptors (Lipinski definition) is 2. The average Bonchev–Trinajstić information content (AvgIpc) is 3.23. The summed E-state index contributed by atoms with van der Waals surface area (Å²) in [5, 5.41) is 7.26. The van der Waals surface area contributed by atoms with E-state index in [9.17, 15) is 0 Å². The predicted molar refractivity (Wildman–Crippen MR) is 135 cm³/mol. The summed E-state index contributed by atoms with van der Waals surface area (Å²) in [7, 11) is 0. The largest absolute Gasteiger partial charge is 0.377 e. The first-order chi connectivity index (χ1) is 15.8. The molecule has 32 heavy (non-hydrogen) atoms. The van der Waals surface area contributed by atoms with Gasteiger partial charge >= 0.3 is 0 Å². The van der Waals surface area contributed by atoms with Gasteiger partial charge in [-0.2, -0.15) is 0 Å². The van der Waals surface area contributed by atoms with Crippen LogP contribution in [-0.2, 0) is 0 Å². The second kappa shape index (κ2) is 7.90. The van der Waals surface area contributed by atoms with Gasteiger partial charge in [0.2, 0.25) is 0 Å². The van der Waals surface area contributed by atoms with Gasteiger partial charge in [0.25, 0.3) is 0 Å². The summed E-state index contributed by atoms with van der Waals surface area (Å²) in [6.07, 6.45) is 5.42. The molecule has 4 aromatic carbocycles. The molecule has 154 valence electrons. The Morgan fingerprint density at radius 1 is 0.594 bits per heavy atom. The minimum atomic E-state index is 0.349. The van der Waals surface area contributed by atoms with Gasteiger partial charge in [0.15, 0.2) is 0 Å². The van der Waals surface area contributed by atoms with Crippen LogP contribution in [0.15, 0.2) is 121 Å². The third-order valence-electron chi connectivity index (χ3n) is 6.35. The predicted octanol–water partition coefficient (Wildman–Crippen LogP) is 7.60. The van der Waals surface area contributed by atoms with Crippen molar-refractivity contribution in [3.05, 3.63) is 127 Å². The first-order valence-corrected chi connectivity index (χ1v) is 11.1. The standard InChI is InChI=1S/C30H24N2/c1-2-6-21(7-3-1)22-10-12-23(13-11-22)24-14-16-25(17-15-24)31-26-18-19-28-27-8-4-5-9-29(27)32-30(28)20-26/h1-19,30-32H,20H2. The van der Waals surface area contributed by atoms with Gasteiger partial charge in [-0.05, 0) is 52.1 Å². The zero-order chi connectivity index (χ0) is 21.3. The quantitative estimate of drug-likeness (QED) is 0.361. The zero-order valence-electron chi connectivity index (χ0n) is 17.8. The fourth-order valence-corrected chi connectivity index (χ4v) is 4.67. The Kier molecular flexibility index (Phi) is 4.62. The Bertz CT molecular complexity index is 1310. The molecule has 0 fully saturated rings. The van der Waals surface area contributed by atoms with Crippen molar-refractivity contribution in [3.63, 3.8) is 0 Å². The Hall–Kier alpha value is -4.04. The summed E-state index contributed by atoms with van der Waals surface area (Å²) in [6.45, 7) is 0. The molecule has 0 radical (unpaired) electrons. The summed E-state index contributed by atoms with van der Waals surface area (Å²) in [6, 6.07) is 36.9. The second-order valence-corrected chi connectivity index (χ2v) is 8.41. The maximum Gasteiger partial charge on any atom is 0.0575 e. The fourth-order valence-electron chi connectivity index (χ4n) is 4.67. The van der Waals surface area contributed by atoms with Crippen molar-refractivity contribution in [3.8, 4) is 22.3 Å². The first-order valence-electron chi connectivity index (χ1n) is 11.1. The van der Waals surface area contributed by atoms with E-state index in [2.05, 4.69) is 126 Å². The van der Waals surface area contributed by atoms with Crippen LogP contribution in [0.4, 0.5) is 11.4 Å². The number of benzene rings is 4. The maximum atomic E-state index is 3.65. The van der Waals surface area contributed by atoms with E-state index in [1.807, 2.05) is 0 Å². The lowest BCUT2D eigenvalue weighted by Crippen LogP contribution is -2.20. The molecule has 6 rings (SSSR count). The van der Waals surface area contributed by atoms with E-state index in [1.54, 1.807) is 0 Å². The lowest BCUT2D eigenvalue weighted by Gasteiger charge is -2.21. The van der Waals surface area contributed by atoms with Gasteiger partial charge < -0.3 is 10.6 Å². The molecule has 0 bridgehead atoms. The van der Waals surface area contributed by atoms with Crippen molar-refractivity contribution in [1.82, 2.24) is 0 Å². The zero-order valence-corrected chi connectivity index (χ0v) is 17.8. The molecule has 1 atom stereocenters. The van der Waals surface area contributed by atoms with Crippen LogP contribution in [-0.4, -0.2) is 6.04 Å². The third kappa shape index (κ3) is 3.50. The Balaban J connectivity index is 1.16. The molecular formula is C30H24N2. The SMILES string of the molecule is C1=C(Nc2ccc(-c3ccc(-c4ccccc4)cc3)cc2)CC2Nc3ccccc3C2=C1. The van der Waals surface area contributed by atoms with E-state index in [0.717, 1.165) is 12.1 Å². The smallest absolute Gasteiger partial charge is 0.0575 e. The molecule has 0 spiro atoms. The molecule has 1 aliphatic carbocycles. The normalized spacial score (nSPS) is 16.3. The molecule has 4 aromatic rings. The number of fused-ring (bicyclic) bond motifs is 3. The minimum Gasteiger partial charge on any atom is -0.377 e. The van der Waals surface area contributed by atoms with E-state index < -0.39 is 0 Å². The molecule has 0 saturated heterocycles. The van der Waals surface area contributed by atoms with Crippen molar-refractivity contribution >= 4 is 16.9 Å². The number of hydrogen-bond donors (Lipinski definition) is 2.